The van der Waals surface area contributed by atoms with Crippen LogP contribution >= 0.6 is 27.5 Å². The summed E-state index contributed by atoms with van der Waals surface area (Å²) in [7, 11) is 0. The molecule has 2 N–H and O–H groups in total. The van der Waals surface area contributed by atoms with E-state index in [0.717, 1.165) is 10.0 Å². The van der Waals surface area contributed by atoms with Gasteiger partial charge < -0.3 is 10.5 Å². The van der Waals surface area contributed by atoms with Crippen LogP contribution in [-0.4, -0.2) is 0 Å². The van der Waals surface area contributed by atoms with Gasteiger partial charge in [-0.15, -0.1) is 0 Å². The van der Waals surface area contributed by atoms with Gasteiger partial charge in [0.15, 0.2) is 0 Å². The number of hydrogen-bond acceptors (Lipinski definition) is 2. The first-order valence-electron chi connectivity index (χ1n) is 5.17. The van der Waals surface area contributed by atoms with Crippen LogP contribution < -0.4 is 10.5 Å². The van der Waals surface area contributed by atoms with Crippen LogP contribution in [0.5, 0.6) is 5.75 Å². The zero-order chi connectivity index (χ0) is 13.1. The number of anilines is 1. The standard InChI is InChI=1S/C13H10BrClFNO/c14-9-3-8(4-10(17)5-9)7-18-11-1-2-12(15)13(16)6-11/h1-6H,7,17H2. The maximum absolute atomic E-state index is 13.2. The summed E-state index contributed by atoms with van der Waals surface area (Å²) in [5.41, 5.74) is 7.25. The maximum atomic E-state index is 13.2. The van der Waals surface area contributed by atoms with Gasteiger partial charge in [-0.1, -0.05) is 27.5 Å². The summed E-state index contributed by atoms with van der Waals surface area (Å²) in [6, 6.07) is 9.82. The Bertz CT molecular complexity index is 557. The van der Waals surface area contributed by atoms with Crippen LogP contribution in [0.2, 0.25) is 5.02 Å². The SMILES string of the molecule is Nc1cc(Br)cc(COc2ccc(Cl)c(F)c2)c1. The Hall–Kier alpha value is -1.26. The van der Waals surface area contributed by atoms with Gasteiger partial charge in [-0.2, -0.15) is 0 Å². The van der Waals surface area contributed by atoms with Gasteiger partial charge in [-0.3, -0.25) is 0 Å². The first-order chi connectivity index (χ1) is 8.54. The smallest absolute Gasteiger partial charge is 0.145 e. The van der Waals surface area contributed by atoms with Gasteiger partial charge >= 0.3 is 0 Å². The Morgan fingerprint density at radius 3 is 2.67 bits per heavy atom. The van der Waals surface area contributed by atoms with Crippen LogP contribution in [0.15, 0.2) is 40.9 Å². The summed E-state index contributed by atoms with van der Waals surface area (Å²) in [5, 5.41) is 0.0778. The average Bonchev–Trinajstić information content (AvgIpc) is 2.29. The zero-order valence-electron chi connectivity index (χ0n) is 9.29. The monoisotopic (exact) mass is 329 g/mol. The minimum absolute atomic E-state index is 0.0778. The average molecular weight is 331 g/mol. The predicted octanol–water partition coefficient (Wildman–Crippen LogP) is 4.40. The van der Waals surface area contributed by atoms with E-state index in [1.807, 2.05) is 6.07 Å². The first kappa shape index (κ1) is 13.2. The molecule has 18 heavy (non-hydrogen) atoms. The van der Waals surface area contributed by atoms with Gasteiger partial charge in [0.2, 0.25) is 0 Å². The lowest BCUT2D eigenvalue weighted by Crippen LogP contribution is -1.97. The number of nitrogen functional groups attached to an aromatic ring is 1. The van der Waals surface area contributed by atoms with Crippen molar-refractivity contribution in [2.24, 2.45) is 0 Å². The number of nitrogens with two attached hydrogens (primary N) is 1. The minimum atomic E-state index is -0.497. The molecular formula is C13H10BrClFNO. The summed E-state index contributed by atoms with van der Waals surface area (Å²) < 4.78 is 19.5. The van der Waals surface area contributed by atoms with E-state index in [4.69, 9.17) is 22.1 Å². The van der Waals surface area contributed by atoms with E-state index in [-0.39, 0.29) is 5.02 Å². The highest BCUT2D eigenvalue weighted by atomic mass is 79.9. The van der Waals surface area contributed by atoms with Crippen molar-refractivity contribution in [3.05, 3.63) is 57.3 Å². The number of rotatable bonds is 3. The summed E-state index contributed by atoms with van der Waals surface area (Å²) in [6.07, 6.45) is 0. The summed E-state index contributed by atoms with van der Waals surface area (Å²) in [6.45, 7) is 0.310. The molecule has 0 atom stereocenters. The topological polar surface area (TPSA) is 35.2 Å². The van der Waals surface area contributed by atoms with Crippen molar-refractivity contribution in [3.63, 3.8) is 0 Å². The number of ether oxygens (including phenoxy) is 1. The first-order valence-corrected chi connectivity index (χ1v) is 6.34. The highest BCUT2D eigenvalue weighted by Gasteiger charge is 2.03. The van der Waals surface area contributed by atoms with Gasteiger partial charge in [-0.05, 0) is 35.9 Å². The molecule has 0 aliphatic carbocycles. The molecule has 0 unspecified atom stereocenters. The van der Waals surface area contributed by atoms with Crippen LogP contribution in [0.25, 0.3) is 0 Å². The van der Waals surface area contributed by atoms with Gasteiger partial charge in [-0.25, -0.2) is 4.39 Å². The molecule has 0 radical (unpaired) electrons. The second-order valence-corrected chi connectivity index (χ2v) is 5.08. The molecular weight excluding hydrogens is 321 g/mol. The molecule has 0 amide bonds. The molecule has 0 bridgehead atoms. The summed E-state index contributed by atoms with van der Waals surface area (Å²) in [5.74, 6) is -0.0710. The Labute approximate surface area is 118 Å². The molecule has 0 fully saturated rings. The van der Waals surface area contributed by atoms with Crippen molar-refractivity contribution in [2.45, 2.75) is 6.61 Å². The van der Waals surface area contributed by atoms with E-state index in [0.29, 0.717) is 18.0 Å². The fourth-order valence-electron chi connectivity index (χ4n) is 1.49. The molecule has 0 aliphatic heterocycles. The maximum Gasteiger partial charge on any atom is 0.145 e. The van der Waals surface area contributed by atoms with E-state index in [2.05, 4.69) is 15.9 Å². The second kappa shape index (κ2) is 5.59. The minimum Gasteiger partial charge on any atom is -0.489 e. The molecule has 2 aromatic rings. The highest BCUT2D eigenvalue weighted by Crippen LogP contribution is 2.22. The van der Waals surface area contributed by atoms with Crippen molar-refractivity contribution >= 4 is 33.2 Å². The quantitative estimate of drug-likeness (QED) is 0.846. The third kappa shape index (κ3) is 3.37. The van der Waals surface area contributed by atoms with E-state index in [9.17, 15) is 4.39 Å². The molecule has 0 aliphatic rings. The molecule has 2 nitrogen and oxygen atoms in total. The van der Waals surface area contributed by atoms with E-state index in [1.54, 1.807) is 18.2 Å². The molecule has 94 valence electrons. The van der Waals surface area contributed by atoms with E-state index < -0.39 is 5.82 Å². The molecule has 2 aromatic carbocycles. The van der Waals surface area contributed by atoms with Crippen LogP contribution in [-0.2, 0) is 6.61 Å². The Morgan fingerprint density at radius 1 is 1.22 bits per heavy atom. The van der Waals surface area contributed by atoms with Crippen LogP contribution in [0.1, 0.15) is 5.56 Å². The molecule has 5 heteroatoms. The van der Waals surface area contributed by atoms with Gasteiger partial charge in [0, 0.05) is 16.2 Å². The lowest BCUT2D eigenvalue weighted by molar-refractivity contribution is 0.304. The molecule has 0 spiro atoms. The number of benzene rings is 2. The highest BCUT2D eigenvalue weighted by molar-refractivity contribution is 9.10. The predicted molar refractivity (Wildman–Crippen MR) is 74.3 cm³/mol. The van der Waals surface area contributed by atoms with Gasteiger partial charge in [0.1, 0.15) is 18.2 Å². The van der Waals surface area contributed by atoms with Gasteiger partial charge in [0.25, 0.3) is 0 Å². The molecule has 0 saturated carbocycles. The Morgan fingerprint density at radius 2 is 2.00 bits per heavy atom. The van der Waals surface area contributed by atoms with Crippen molar-refractivity contribution < 1.29 is 9.13 Å². The van der Waals surface area contributed by atoms with Crippen LogP contribution in [0, 0.1) is 5.82 Å². The van der Waals surface area contributed by atoms with Crippen LogP contribution in [0.4, 0.5) is 10.1 Å². The lowest BCUT2D eigenvalue weighted by Gasteiger charge is -2.08. The second-order valence-electron chi connectivity index (χ2n) is 3.76. The third-order valence-corrected chi connectivity index (χ3v) is 3.04. The normalized spacial score (nSPS) is 10.4. The van der Waals surface area contributed by atoms with Crippen LogP contribution in [0.3, 0.4) is 0 Å². The summed E-state index contributed by atoms with van der Waals surface area (Å²) in [4.78, 5) is 0. The molecule has 2 rings (SSSR count). The summed E-state index contributed by atoms with van der Waals surface area (Å²) >= 11 is 8.93. The third-order valence-electron chi connectivity index (χ3n) is 2.28. The van der Waals surface area contributed by atoms with E-state index >= 15 is 0 Å². The Balaban J connectivity index is 2.08. The largest absolute Gasteiger partial charge is 0.489 e. The Kier molecular flexibility index (Phi) is 4.09. The van der Waals surface area contributed by atoms with Crippen molar-refractivity contribution in [3.8, 4) is 5.75 Å². The fraction of sp³-hybridized carbons (Fsp3) is 0.0769. The molecule has 0 saturated heterocycles. The number of hydrogen-bond donors (Lipinski definition) is 1. The van der Waals surface area contributed by atoms with Gasteiger partial charge in [0.05, 0.1) is 5.02 Å². The lowest BCUT2D eigenvalue weighted by atomic mass is 10.2. The van der Waals surface area contributed by atoms with Crippen molar-refractivity contribution in [1.82, 2.24) is 0 Å². The van der Waals surface area contributed by atoms with E-state index in [1.165, 1.54) is 12.1 Å². The van der Waals surface area contributed by atoms with Crippen molar-refractivity contribution in [1.29, 1.82) is 0 Å². The fourth-order valence-corrected chi connectivity index (χ4v) is 2.17. The van der Waals surface area contributed by atoms with Crippen molar-refractivity contribution in [2.75, 3.05) is 5.73 Å². The molecule has 0 heterocycles. The molecule has 0 aromatic heterocycles. The number of halogens is 3. The zero-order valence-corrected chi connectivity index (χ0v) is 11.6.